The van der Waals surface area contributed by atoms with Gasteiger partial charge in [0.25, 0.3) is 0 Å². The summed E-state index contributed by atoms with van der Waals surface area (Å²) in [5.41, 5.74) is 2.84. The maximum Gasteiger partial charge on any atom is 0.161 e. The Hall–Kier alpha value is -1.33. The molecule has 0 fully saturated rings. The van der Waals surface area contributed by atoms with Crippen LogP contribution in [-0.2, 0) is 11.5 Å². The van der Waals surface area contributed by atoms with E-state index in [1.807, 2.05) is 18.7 Å². The number of anilines is 1. The molecule has 104 valence electrons. The molecular formula is C14H13ClFN3S. The summed E-state index contributed by atoms with van der Waals surface area (Å²) in [6.45, 7) is 2.82. The average molecular weight is 310 g/mol. The summed E-state index contributed by atoms with van der Waals surface area (Å²) < 4.78 is 13.6. The lowest BCUT2D eigenvalue weighted by Gasteiger charge is -2.10. The van der Waals surface area contributed by atoms with Gasteiger partial charge in [0.1, 0.15) is 11.6 Å². The number of hydrogen-bond acceptors (Lipinski definition) is 4. The molecule has 1 aliphatic rings. The van der Waals surface area contributed by atoms with E-state index in [-0.39, 0.29) is 5.02 Å². The smallest absolute Gasteiger partial charge is 0.161 e. The number of nitrogens with zero attached hydrogens (tertiary/aromatic N) is 2. The molecule has 3 rings (SSSR count). The molecule has 1 aromatic heterocycles. The molecule has 20 heavy (non-hydrogen) atoms. The summed E-state index contributed by atoms with van der Waals surface area (Å²) >= 11 is 7.53. The zero-order valence-corrected chi connectivity index (χ0v) is 12.5. The SMILES string of the molecule is CCNc1nc(-c2ccc(Cl)c(F)c2)nc2c1CSC2. The van der Waals surface area contributed by atoms with Crippen molar-refractivity contribution in [1.29, 1.82) is 0 Å². The van der Waals surface area contributed by atoms with Crippen LogP contribution in [0.4, 0.5) is 10.2 Å². The van der Waals surface area contributed by atoms with Gasteiger partial charge in [-0.1, -0.05) is 11.6 Å². The van der Waals surface area contributed by atoms with Gasteiger partial charge in [-0.25, -0.2) is 14.4 Å². The predicted molar refractivity (Wildman–Crippen MR) is 81.6 cm³/mol. The van der Waals surface area contributed by atoms with E-state index in [1.54, 1.807) is 6.07 Å². The van der Waals surface area contributed by atoms with Crippen molar-refractivity contribution in [2.24, 2.45) is 0 Å². The van der Waals surface area contributed by atoms with Crippen LogP contribution in [0.25, 0.3) is 11.4 Å². The van der Waals surface area contributed by atoms with Crippen LogP contribution in [0.3, 0.4) is 0 Å². The van der Waals surface area contributed by atoms with E-state index < -0.39 is 5.82 Å². The highest BCUT2D eigenvalue weighted by Crippen LogP contribution is 2.34. The second-order valence-corrected chi connectivity index (χ2v) is 5.87. The highest BCUT2D eigenvalue weighted by atomic mass is 35.5. The molecule has 2 heterocycles. The van der Waals surface area contributed by atoms with Crippen molar-refractivity contribution in [2.75, 3.05) is 11.9 Å². The molecule has 0 radical (unpaired) electrons. The molecule has 0 bridgehead atoms. The van der Waals surface area contributed by atoms with Gasteiger partial charge in [0.2, 0.25) is 0 Å². The molecule has 1 aliphatic heterocycles. The van der Waals surface area contributed by atoms with E-state index in [1.165, 1.54) is 12.1 Å². The molecule has 6 heteroatoms. The monoisotopic (exact) mass is 309 g/mol. The summed E-state index contributed by atoms with van der Waals surface area (Å²) in [7, 11) is 0. The fraction of sp³-hybridized carbons (Fsp3) is 0.286. The topological polar surface area (TPSA) is 37.8 Å². The molecule has 0 amide bonds. The van der Waals surface area contributed by atoms with E-state index in [9.17, 15) is 4.39 Å². The molecule has 1 N–H and O–H groups in total. The maximum absolute atomic E-state index is 13.6. The molecule has 0 saturated carbocycles. The lowest BCUT2D eigenvalue weighted by molar-refractivity contribution is 0.628. The summed E-state index contributed by atoms with van der Waals surface area (Å²) in [5, 5.41) is 3.37. The zero-order valence-electron chi connectivity index (χ0n) is 10.9. The lowest BCUT2D eigenvalue weighted by Crippen LogP contribution is -2.06. The van der Waals surface area contributed by atoms with E-state index in [2.05, 4.69) is 15.3 Å². The second-order valence-electron chi connectivity index (χ2n) is 4.47. The van der Waals surface area contributed by atoms with Crippen molar-refractivity contribution in [3.05, 3.63) is 40.3 Å². The Morgan fingerprint density at radius 3 is 2.95 bits per heavy atom. The second kappa shape index (κ2) is 5.58. The maximum atomic E-state index is 13.6. The quantitative estimate of drug-likeness (QED) is 0.925. The van der Waals surface area contributed by atoms with E-state index >= 15 is 0 Å². The molecule has 2 aromatic rings. The highest BCUT2D eigenvalue weighted by Gasteiger charge is 2.20. The van der Waals surface area contributed by atoms with Crippen LogP contribution in [0.15, 0.2) is 18.2 Å². The number of halogens is 2. The lowest BCUT2D eigenvalue weighted by atomic mass is 10.2. The standard InChI is InChI=1S/C14H13ClFN3S/c1-2-17-14-9-6-20-7-12(9)18-13(19-14)8-3-4-10(15)11(16)5-8/h3-5H,2,6-7H2,1H3,(H,17,18,19). The van der Waals surface area contributed by atoms with Crippen molar-refractivity contribution >= 4 is 29.2 Å². The van der Waals surface area contributed by atoms with Crippen molar-refractivity contribution < 1.29 is 4.39 Å². The normalized spacial score (nSPS) is 13.3. The van der Waals surface area contributed by atoms with Crippen molar-refractivity contribution in [3.63, 3.8) is 0 Å². The Labute approximate surface area is 126 Å². The first kappa shape index (κ1) is 13.6. The van der Waals surface area contributed by atoms with Gasteiger partial charge in [-0.15, -0.1) is 0 Å². The summed E-state index contributed by atoms with van der Waals surface area (Å²) in [4.78, 5) is 9.09. The third-order valence-electron chi connectivity index (χ3n) is 3.10. The van der Waals surface area contributed by atoms with Crippen LogP contribution < -0.4 is 5.32 Å². The Morgan fingerprint density at radius 1 is 1.35 bits per heavy atom. The minimum absolute atomic E-state index is 0.109. The number of thioether (sulfide) groups is 1. The van der Waals surface area contributed by atoms with Gasteiger partial charge in [0, 0.05) is 29.2 Å². The third kappa shape index (κ3) is 2.47. The van der Waals surface area contributed by atoms with E-state index in [0.29, 0.717) is 11.4 Å². The van der Waals surface area contributed by atoms with Crippen LogP contribution in [-0.4, -0.2) is 16.5 Å². The fourth-order valence-electron chi connectivity index (χ4n) is 2.13. The van der Waals surface area contributed by atoms with Crippen molar-refractivity contribution in [2.45, 2.75) is 18.4 Å². The van der Waals surface area contributed by atoms with Crippen LogP contribution >= 0.6 is 23.4 Å². The Bertz CT molecular complexity index is 663. The van der Waals surface area contributed by atoms with Crippen LogP contribution in [0, 0.1) is 5.82 Å². The van der Waals surface area contributed by atoms with Crippen LogP contribution in [0.1, 0.15) is 18.2 Å². The molecule has 0 spiro atoms. The number of rotatable bonds is 3. The Balaban J connectivity index is 2.09. The van der Waals surface area contributed by atoms with Gasteiger partial charge in [-0.3, -0.25) is 0 Å². The molecule has 1 aromatic carbocycles. The van der Waals surface area contributed by atoms with Gasteiger partial charge in [-0.2, -0.15) is 11.8 Å². The molecule has 0 atom stereocenters. The number of aromatic nitrogens is 2. The number of nitrogens with one attached hydrogen (secondary N) is 1. The first-order valence-corrected chi connectivity index (χ1v) is 7.89. The molecule has 0 aliphatic carbocycles. The van der Waals surface area contributed by atoms with Crippen molar-refractivity contribution in [1.82, 2.24) is 9.97 Å². The van der Waals surface area contributed by atoms with Crippen LogP contribution in [0.5, 0.6) is 0 Å². The molecule has 0 saturated heterocycles. The molecule has 0 unspecified atom stereocenters. The number of hydrogen-bond donors (Lipinski definition) is 1. The van der Waals surface area contributed by atoms with E-state index in [0.717, 1.165) is 35.1 Å². The minimum Gasteiger partial charge on any atom is -0.370 e. The highest BCUT2D eigenvalue weighted by molar-refractivity contribution is 7.98. The van der Waals surface area contributed by atoms with Gasteiger partial charge >= 0.3 is 0 Å². The molecule has 3 nitrogen and oxygen atoms in total. The third-order valence-corrected chi connectivity index (χ3v) is 4.38. The van der Waals surface area contributed by atoms with E-state index in [4.69, 9.17) is 11.6 Å². The first-order valence-electron chi connectivity index (χ1n) is 6.36. The predicted octanol–water partition coefficient (Wildman–Crippen LogP) is 4.11. The number of fused-ring (bicyclic) bond motifs is 1. The summed E-state index contributed by atoms with van der Waals surface area (Å²) in [5.74, 6) is 2.74. The van der Waals surface area contributed by atoms with Gasteiger partial charge in [-0.05, 0) is 25.1 Å². The largest absolute Gasteiger partial charge is 0.370 e. The summed E-state index contributed by atoms with van der Waals surface area (Å²) in [6, 6.07) is 4.65. The zero-order chi connectivity index (χ0) is 14.1. The fourth-order valence-corrected chi connectivity index (χ4v) is 3.29. The molecular weight excluding hydrogens is 297 g/mol. The van der Waals surface area contributed by atoms with Crippen molar-refractivity contribution in [3.8, 4) is 11.4 Å². The minimum atomic E-state index is -0.451. The Morgan fingerprint density at radius 2 is 2.20 bits per heavy atom. The van der Waals surface area contributed by atoms with Gasteiger partial charge < -0.3 is 5.32 Å². The number of benzene rings is 1. The van der Waals surface area contributed by atoms with Gasteiger partial charge in [0.15, 0.2) is 5.82 Å². The van der Waals surface area contributed by atoms with Crippen LogP contribution in [0.2, 0.25) is 5.02 Å². The van der Waals surface area contributed by atoms with Gasteiger partial charge in [0.05, 0.1) is 10.7 Å². The Kier molecular flexibility index (Phi) is 3.81. The first-order chi connectivity index (χ1) is 9.69. The summed E-state index contributed by atoms with van der Waals surface area (Å²) in [6.07, 6.45) is 0. The average Bonchev–Trinajstić information content (AvgIpc) is 2.90.